The summed E-state index contributed by atoms with van der Waals surface area (Å²) in [5.41, 5.74) is 4.93. The second-order valence-corrected chi connectivity index (χ2v) is 8.34. The number of aromatic nitrogens is 1. The Morgan fingerprint density at radius 3 is 2.42 bits per heavy atom. The summed E-state index contributed by atoms with van der Waals surface area (Å²) in [4.78, 5) is 4.30. The van der Waals surface area contributed by atoms with Crippen LogP contribution in [0.2, 0.25) is 0 Å². The van der Waals surface area contributed by atoms with Gasteiger partial charge in [-0.15, -0.1) is 0 Å². The molecular formula is C18H19FN2O2S. The number of nitrogens with zero attached hydrogens (tertiary/aromatic N) is 2. The number of hydrogen-bond donors (Lipinski definition) is 0. The Hall–Kier alpha value is -2.05. The lowest BCUT2D eigenvalue weighted by molar-refractivity contribution is 0.520. The maximum Gasteiger partial charge on any atom is 0.242 e. The largest absolute Gasteiger partial charge is 0.242 e. The van der Waals surface area contributed by atoms with Gasteiger partial charge < -0.3 is 0 Å². The Labute approximate surface area is 141 Å². The molecule has 1 aliphatic carbocycles. The van der Waals surface area contributed by atoms with E-state index < -0.39 is 16.0 Å². The smallest absolute Gasteiger partial charge is 0.220 e. The standard InChI is InChI=1S/C18H19FN2O2S/c1-12-10-14-6-9-17(19)20-18(14)16(12)11-13-4-7-15(8-5-13)24(22,23)21(2)3/h4-9H,10-11H2,1-3H3. The second kappa shape index (κ2) is 6.11. The van der Waals surface area contributed by atoms with E-state index in [1.54, 1.807) is 30.3 Å². The van der Waals surface area contributed by atoms with Crippen molar-refractivity contribution in [2.75, 3.05) is 14.1 Å². The highest BCUT2D eigenvalue weighted by atomic mass is 32.2. The van der Waals surface area contributed by atoms with Gasteiger partial charge in [0.2, 0.25) is 16.0 Å². The van der Waals surface area contributed by atoms with Crippen LogP contribution in [-0.4, -0.2) is 31.8 Å². The van der Waals surface area contributed by atoms with Gasteiger partial charge in [-0.2, -0.15) is 4.39 Å². The Kier molecular flexibility index (Phi) is 4.27. The molecule has 1 aromatic carbocycles. The third-order valence-corrected chi connectivity index (χ3v) is 6.11. The number of benzene rings is 1. The molecule has 1 heterocycles. The summed E-state index contributed by atoms with van der Waals surface area (Å²) in [5.74, 6) is -0.478. The van der Waals surface area contributed by atoms with Crippen molar-refractivity contribution in [2.24, 2.45) is 0 Å². The number of halogens is 1. The molecule has 4 nitrogen and oxygen atoms in total. The molecule has 0 saturated heterocycles. The number of sulfonamides is 1. The topological polar surface area (TPSA) is 50.3 Å². The highest BCUT2D eigenvalue weighted by Gasteiger charge is 2.22. The van der Waals surface area contributed by atoms with Crippen molar-refractivity contribution in [2.45, 2.75) is 24.7 Å². The zero-order chi connectivity index (χ0) is 17.5. The van der Waals surface area contributed by atoms with Crippen LogP contribution in [0.25, 0.3) is 5.57 Å². The van der Waals surface area contributed by atoms with Crippen molar-refractivity contribution in [3.63, 3.8) is 0 Å². The van der Waals surface area contributed by atoms with Gasteiger partial charge in [0.25, 0.3) is 0 Å². The molecule has 0 atom stereocenters. The molecule has 0 unspecified atom stereocenters. The molecule has 0 fully saturated rings. The predicted molar refractivity (Wildman–Crippen MR) is 91.5 cm³/mol. The van der Waals surface area contributed by atoms with Gasteiger partial charge in [0.15, 0.2) is 0 Å². The van der Waals surface area contributed by atoms with Crippen LogP contribution in [0.3, 0.4) is 0 Å². The Balaban J connectivity index is 1.88. The zero-order valence-electron chi connectivity index (χ0n) is 13.9. The number of allylic oxidation sites excluding steroid dienone is 2. The Morgan fingerprint density at radius 2 is 1.79 bits per heavy atom. The van der Waals surface area contributed by atoms with E-state index in [1.807, 2.05) is 6.92 Å². The molecule has 0 spiro atoms. The third kappa shape index (κ3) is 2.99. The maximum absolute atomic E-state index is 13.5. The highest BCUT2D eigenvalue weighted by molar-refractivity contribution is 7.89. The Bertz CT molecular complexity index is 917. The normalized spacial score (nSPS) is 14.4. The second-order valence-electron chi connectivity index (χ2n) is 6.19. The van der Waals surface area contributed by atoms with Crippen molar-refractivity contribution in [3.05, 3.63) is 64.7 Å². The van der Waals surface area contributed by atoms with Gasteiger partial charge in [0.05, 0.1) is 10.6 Å². The van der Waals surface area contributed by atoms with Crippen LogP contribution in [-0.2, 0) is 22.9 Å². The van der Waals surface area contributed by atoms with Gasteiger partial charge >= 0.3 is 0 Å². The van der Waals surface area contributed by atoms with Gasteiger partial charge in [-0.3, -0.25) is 0 Å². The molecule has 24 heavy (non-hydrogen) atoms. The minimum Gasteiger partial charge on any atom is -0.220 e. The highest BCUT2D eigenvalue weighted by Crippen LogP contribution is 2.33. The molecule has 1 aliphatic rings. The van der Waals surface area contributed by atoms with Gasteiger partial charge in [-0.05, 0) is 54.7 Å². The molecule has 0 bridgehead atoms. The molecular weight excluding hydrogens is 327 g/mol. The minimum atomic E-state index is -3.43. The van der Waals surface area contributed by atoms with E-state index in [0.29, 0.717) is 6.42 Å². The molecule has 0 radical (unpaired) electrons. The van der Waals surface area contributed by atoms with Crippen LogP contribution in [0, 0.1) is 5.95 Å². The lowest BCUT2D eigenvalue weighted by Gasteiger charge is -2.12. The monoisotopic (exact) mass is 346 g/mol. The van der Waals surface area contributed by atoms with Crippen molar-refractivity contribution in [1.82, 2.24) is 9.29 Å². The molecule has 0 saturated carbocycles. The van der Waals surface area contributed by atoms with Crippen LogP contribution in [0.4, 0.5) is 4.39 Å². The molecule has 1 aromatic heterocycles. The van der Waals surface area contributed by atoms with E-state index in [2.05, 4.69) is 4.98 Å². The summed E-state index contributed by atoms with van der Waals surface area (Å²) in [6.07, 6.45) is 1.39. The lowest BCUT2D eigenvalue weighted by atomic mass is 10.0. The molecule has 3 rings (SSSR count). The minimum absolute atomic E-state index is 0.262. The average molecular weight is 346 g/mol. The SMILES string of the molecule is CC1=C(Cc2ccc(S(=O)(=O)N(C)C)cc2)c2nc(F)ccc2C1. The first-order valence-corrected chi connectivity index (χ1v) is 9.09. The fourth-order valence-electron chi connectivity index (χ4n) is 2.89. The Morgan fingerprint density at radius 1 is 1.12 bits per heavy atom. The van der Waals surface area contributed by atoms with Gasteiger partial charge in [0, 0.05) is 14.1 Å². The molecule has 0 amide bonds. The summed E-state index contributed by atoms with van der Waals surface area (Å²) in [6, 6.07) is 9.98. The van der Waals surface area contributed by atoms with Crippen molar-refractivity contribution in [1.29, 1.82) is 0 Å². The predicted octanol–water partition coefficient (Wildman–Crippen LogP) is 3.04. The van der Waals surface area contributed by atoms with Crippen molar-refractivity contribution >= 4 is 15.6 Å². The van der Waals surface area contributed by atoms with E-state index in [4.69, 9.17) is 0 Å². The van der Waals surface area contributed by atoms with Gasteiger partial charge in [-0.1, -0.05) is 23.8 Å². The summed E-state index contributed by atoms with van der Waals surface area (Å²) in [5, 5.41) is 0. The van der Waals surface area contributed by atoms with E-state index >= 15 is 0 Å². The summed E-state index contributed by atoms with van der Waals surface area (Å²) in [6.45, 7) is 2.03. The van der Waals surface area contributed by atoms with Gasteiger partial charge in [0.1, 0.15) is 0 Å². The number of hydrogen-bond acceptors (Lipinski definition) is 3. The van der Waals surface area contributed by atoms with Crippen LogP contribution < -0.4 is 0 Å². The number of fused-ring (bicyclic) bond motifs is 1. The lowest BCUT2D eigenvalue weighted by Crippen LogP contribution is -2.22. The van der Waals surface area contributed by atoms with E-state index in [-0.39, 0.29) is 4.90 Å². The third-order valence-electron chi connectivity index (χ3n) is 4.28. The van der Waals surface area contributed by atoms with Gasteiger partial charge in [-0.25, -0.2) is 17.7 Å². The maximum atomic E-state index is 13.5. The fraction of sp³-hybridized carbons (Fsp3) is 0.278. The van der Waals surface area contributed by atoms with Crippen LogP contribution in [0.1, 0.15) is 23.7 Å². The molecule has 0 aliphatic heterocycles. The zero-order valence-corrected chi connectivity index (χ0v) is 14.7. The summed E-state index contributed by atoms with van der Waals surface area (Å²) < 4.78 is 38.9. The first-order chi connectivity index (χ1) is 11.3. The molecule has 2 aromatic rings. The van der Waals surface area contributed by atoms with E-state index in [9.17, 15) is 12.8 Å². The van der Waals surface area contributed by atoms with Crippen molar-refractivity contribution in [3.8, 4) is 0 Å². The number of pyridine rings is 1. The first kappa shape index (κ1) is 16.8. The summed E-state index contributed by atoms with van der Waals surface area (Å²) >= 11 is 0. The van der Waals surface area contributed by atoms with Crippen LogP contribution in [0.5, 0.6) is 0 Å². The molecule has 0 N–H and O–H groups in total. The van der Waals surface area contributed by atoms with Crippen LogP contribution in [0.15, 0.2) is 46.9 Å². The average Bonchev–Trinajstić information content (AvgIpc) is 2.83. The quantitative estimate of drug-likeness (QED) is 0.800. The molecule has 6 heteroatoms. The van der Waals surface area contributed by atoms with Crippen molar-refractivity contribution < 1.29 is 12.8 Å². The molecule has 126 valence electrons. The van der Waals surface area contributed by atoms with Crippen LogP contribution >= 0.6 is 0 Å². The fourth-order valence-corrected chi connectivity index (χ4v) is 3.79. The number of rotatable bonds is 4. The first-order valence-electron chi connectivity index (χ1n) is 7.65. The van der Waals surface area contributed by atoms with E-state index in [1.165, 1.54) is 30.0 Å². The van der Waals surface area contributed by atoms with E-state index in [0.717, 1.165) is 28.8 Å². The summed E-state index contributed by atoms with van der Waals surface area (Å²) in [7, 11) is -0.412.